The van der Waals surface area contributed by atoms with Crippen molar-refractivity contribution in [2.75, 3.05) is 5.32 Å². The van der Waals surface area contributed by atoms with Gasteiger partial charge in [0.25, 0.3) is 0 Å². The molecule has 6 nitrogen and oxygen atoms in total. The summed E-state index contributed by atoms with van der Waals surface area (Å²) in [7, 11) is 0. The summed E-state index contributed by atoms with van der Waals surface area (Å²) in [6.45, 7) is 3.54. The number of anilines is 1. The minimum Gasteiger partial charge on any atom is -0.506 e. The molecular formula is C20H21F3N4O2. The van der Waals surface area contributed by atoms with Crippen LogP contribution in [0.4, 0.5) is 18.9 Å². The Morgan fingerprint density at radius 3 is 2.69 bits per heavy atom. The molecule has 0 aliphatic carbocycles. The summed E-state index contributed by atoms with van der Waals surface area (Å²) in [5, 5.41) is 13.4. The molecule has 0 aliphatic heterocycles. The molecule has 3 aromatic heterocycles. The maximum atomic E-state index is 12.5. The summed E-state index contributed by atoms with van der Waals surface area (Å²) in [6, 6.07) is 2.57. The van der Waals surface area contributed by atoms with Crippen molar-refractivity contribution < 1.29 is 23.1 Å². The zero-order valence-corrected chi connectivity index (χ0v) is 15.9. The Morgan fingerprint density at radius 2 is 2.00 bits per heavy atom. The number of halogens is 3. The highest BCUT2D eigenvalue weighted by atomic mass is 19.4. The molecule has 0 saturated heterocycles. The van der Waals surface area contributed by atoms with Gasteiger partial charge < -0.3 is 15.4 Å². The molecule has 1 unspecified atom stereocenters. The molecule has 0 spiro atoms. The molecule has 3 heterocycles. The van der Waals surface area contributed by atoms with Gasteiger partial charge in [-0.15, -0.1) is 0 Å². The summed E-state index contributed by atoms with van der Waals surface area (Å²) in [5.74, 6) is -0.673. The third-order valence-corrected chi connectivity index (χ3v) is 4.56. The quantitative estimate of drug-likeness (QED) is 0.530. The van der Waals surface area contributed by atoms with Crippen LogP contribution in [0.2, 0.25) is 0 Å². The second-order valence-electron chi connectivity index (χ2n) is 7.20. The fraction of sp³-hybridized carbons (Fsp3) is 0.350. The number of hydrogen-bond donors (Lipinski definition) is 3. The molecule has 0 aromatic carbocycles. The van der Waals surface area contributed by atoms with Crippen molar-refractivity contribution in [2.24, 2.45) is 5.92 Å². The van der Waals surface area contributed by atoms with Gasteiger partial charge in [-0.2, -0.15) is 13.2 Å². The van der Waals surface area contributed by atoms with E-state index in [4.69, 9.17) is 0 Å². The van der Waals surface area contributed by atoms with Crippen LogP contribution in [0, 0.1) is 5.92 Å². The third kappa shape index (κ3) is 5.04. The number of Topliss-reactive ketones (excluding diaryl/α,β-unsaturated/α-hetero) is 1. The van der Waals surface area contributed by atoms with Crippen LogP contribution in [0.15, 0.2) is 36.9 Å². The molecule has 3 aromatic rings. The molecule has 0 aliphatic rings. The van der Waals surface area contributed by atoms with Crippen molar-refractivity contribution in [3.63, 3.8) is 0 Å². The van der Waals surface area contributed by atoms with Crippen molar-refractivity contribution in [3.05, 3.63) is 36.9 Å². The molecule has 29 heavy (non-hydrogen) atoms. The maximum Gasteiger partial charge on any atom is 0.389 e. The molecule has 0 saturated carbocycles. The number of H-pyrrole nitrogens is 1. The third-order valence-electron chi connectivity index (χ3n) is 4.56. The van der Waals surface area contributed by atoms with E-state index in [2.05, 4.69) is 20.3 Å². The van der Waals surface area contributed by atoms with E-state index in [-0.39, 0.29) is 11.7 Å². The Labute approximate surface area is 165 Å². The van der Waals surface area contributed by atoms with E-state index in [0.717, 1.165) is 5.56 Å². The number of pyridine rings is 2. The van der Waals surface area contributed by atoms with Gasteiger partial charge >= 0.3 is 6.18 Å². The number of ketones is 1. The van der Waals surface area contributed by atoms with Crippen LogP contribution in [0.3, 0.4) is 0 Å². The smallest absolute Gasteiger partial charge is 0.389 e. The largest absolute Gasteiger partial charge is 0.506 e. The SMILES string of the molecule is CC(C)C(Nc1cncc(-c2c[nH]c3ncc(O)cc23)c1)C(=O)CCC(F)(F)F. The standard InChI is InChI=1S/C20H21F3N4O2/c1-11(2)18(17(29)3-4-20(21,22)23)27-13-5-12(7-24-8-13)16-10-26-19-15(16)6-14(28)9-25-19/h5-11,18,27-28H,3-4H2,1-2H3,(H,25,26). The van der Waals surface area contributed by atoms with Crippen molar-refractivity contribution >= 4 is 22.5 Å². The predicted molar refractivity (Wildman–Crippen MR) is 104 cm³/mol. The highest BCUT2D eigenvalue weighted by Gasteiger charge is 2.31. The number of aromatic nitrogens is 3. The normalized spacial score (nSPS) is 13.0. The maximum absolute atomic E-state index is 12.5. The zero-order valence-electron chi connectivity index (χ0n) is 15.9. The van der Waals surface area contributed by atoms with Gasteiger partial charge in [0.2, 0.25) is 0 Å². The van der Waals surface area contributed by atoms with Gasteiger partial charge in [0.1, 0.15) is 11.4 Å². The van der Waals surface area contributed by atoms with Crippen LogP contribution in [-0.2, 0) is 4.79 Å². The van der Waals surface area contributed by atoms with E-state index in [0.29, 0.717) is 22.3 Å². The van der Waals surface area contributed by atoms with Crippen molar-refractivity contribution in [2.45, 2.75) is 38.9 Å². The lowest BCUT2D eigenvalue weighted by molar-refractivity contribution is -0.143. The van der Waals surface area contributed by atoms with E-state index in [1.165, 1.54) is 12.4 Å². The molecular weight excluding hydrogens is 385 g/mol. The molecule has 0 amide bonds. The molecule has 3 N–H and O–H groups in total. The second kappa shape index (κ2) is 8.10. The highest BCUT2D eigenvalue weighted by Crippen LogP contribution is 2.31. The molecule has 1 atom stereocenters. The van der Waals surface area contributed by atoms with E-state index in [1.807, 2.05) is 0 Å². The van der Waals surface area contributed by atoms with Crippen molar-refractivity contribution in [1.82, 2.24) is 15.0 Å². The lowest BCUT2D eigenvalue weighted by Gasteiger charge is -2.22. The number of nitrogens with zero attached hydrogens (tertiary/aromatic N) is 2. The predicted octanol–water partition coefficient (Wildman–Crippen LogP) is 4.68. The molecule has 3 rings (SSSR count). The number of carbonyl (C=O) groups excluding carboxylic acids is 1. The van der Waals surface area contributed by atoms with E-state index >= 15 is 0 Å². The Balaban J connectivity index is 1.84. The summed E-state index contributed by atoms with van der Waals surface area (Å²) < 4.78 is 37.4. The van der Waals surface area contributed by atoms with Gasteiger partial charge in [0.15, 0.2) is 5.78 Å². The number of aromatic amines is 1. The van der Waals surface area contributed by atoms with Crippen LogP contribution >= 0.6 is 0 Å². The van der Waals surface area contributed by atoms with E-state index < -0.39 is 30.8 Å². The number of fused-ring (bicyclic) bond motifs is 1. The van der Waals surface area contributed by atoms with Crippen LogP contribution in [0.1, 0.15) is 26.7 Å². The van der Waals surface area contributed by atoms with Gasteiger partial charge in [-0.25, -0.2) is 4.98 Å². The van der Waals surface area contributed by atoms with Crippen molar-refractivity contribution in [1.29, 1.82) is 0 Å². The van der Waals surface area contributed by atoms with Gasteiger partial charge in [0.05, 0.1) is 24.3 Å². The average molecular weight is 406 g/mol. The van der Waals surface area contributed by atoms with Gasteiger partial charge in [-0.05, 0) is 18.1 Å². The lowest BCUT2D eigenvalue weighted by atomic mass is 9.96. The first-order valence-electron chi connectivity index (χ1n) is 9.11. The number of alkyl halides is 3. The summed E-state index contributed by atoms with van der Waals surface area (Å²) in [6.07, 6.45) is 0.118. The Morgan fingerprint density at radius 1 is 1.24 bits per heavy atom. The van der Waals surface area contributed by atoms with Gasteiger partial charge in [-0.1, -0.05) is 13.8 Å². The highest BCUT2D eigenvalue weighted by molar-refractivity contribution is 5.94. The lowest BCUT2D eigenvalue weighted by Crippen LogP contribution is -2.35. The second-order valence-corrected chi connectivity index (χ2v) is 7.20. The Bertz CT molecular complexity index is 1010. The fourth-order valence-corrected chi connectivity index (χ4v) is 3.12. The summed E-state index contributed by atoms with van der Waals surface area (Å²) >= 11 is 0. The molecule has 0 radical (unpaired) electrons. The molecule has 0 bridgehead atoms. The Kier molecular flexibility index (Phi) is 5.76. The zero-order chi connectivity index (χ0) is 21.2. The number of carbonyl (C=O) groups is 1. The molecule has 0 fully saturated rings. The number of nitrogens with one attached hydrogen (secondary N) is 2. The number of rotatable bonds is 7. The van der Waals surface area contributed by atoms with Crippen LogP contribution in [0.5, 0.6) is 5.75 Å². The monoisotopic (exact) mass is 406 g/mol. The fourth-order valence-electron chi connectivity index (χ4n) is 3.12. The average Bonchev–Trinajstić information content (AvgIpc) is 3.06. The first kappa shape index (κ1) is 20.6. The van der Waals surface area contributed by atoms with Gasteiger partial charge in [0, 0.05) is 41.5 Å². The van der Waals surface area contributed by atoms with Gasteiger partial charge in [-0.3, -0.25) is 9.78 Å². The topological polar surface area (TPSA) is 90.9 Å². The van der Waals surface area contributed by atoms with Crippen LogP contribution in [0.25, 0.3) is 22.2 Å². The Hall–Kier alpha value is -3.10. The first-order valence-corrected chi connectivity index (χ1v) is 9.11. The number of hydrogen-bond acceptors (Lipinski definition) is 5. The minimum absolute atomic E-state index is 0.0238. The summed E-state index contributed by atoms with van der Waals surface area (Å²) in [5.41, 5.74) is 2.57. The molecule has 9 heteroatoms. The van der Waals surface area contributed by atoms with E-state index in [9.17, 15) is 23.1 Å². The molecule has 154 valence electrons. The first-order chi connectivity index (χ1) is 13.6. The summed E-state index contributed by atoms with van der Waals surface area (Å²) in [4.78, 5) is 23.6. The van der Waals surface area contributed by atoms with Crippen LogP contribution in [-0.4, -0.2) is 38.1 Å². The van der Waals surface area contributed by atoms with Crippen molar-refractivity contribution in [3.8, 4) is 16.9 Å². The number of aromatic hydroxyl groups is 1. The van der Waals surface area contributed by atoms with Crippen LogP contribution < -0.4 is 5.32 Å². The minimum atomic E-state index is -4.37. The van der Waals surface area contributed by atoms with E-state index in [1.54, 1.807) is 38.4 Å².